The summed E-state index contributed by atoms with van der Waals surface area (Å²) in [6, 6.07) is 16.7. The maximum absolute atomic E-state index is 12.8. The SMILES string of the molecule is CS(=O)(=O)CCNCCc1cc2c(Nc3ccc(S(=O)(=O)c4ccccc4)cc3)ncnc2cn1. The molecule has 182 valence electrons. The summed E-state index contributed by atoms with van der Waals surface area (Å²) < 4.78 is 48.1. The number of nitrogens with one attached hydrogen (secondary N) is 2. The van der Waals surface area contributed by atoms with Gasteiger partial charge in [-0.15, -0.1) is 0 Å². The van der Waals surface area contributed by atoms with Gasteiger partial charge in [0, 0.05) is 42.5 Å². The van der Waals surface area contributed by atoms with E-state index in [2.05, 4.69) is 25.6 Å². The quantitative estimate of drug-likeness (QED) is 0.309. The molecule has 11 heteroatoms. The molecule has 0 aliphatic carbocycles. The van der Waals surface area contributed by atoms with Crippen molar-refractivity contribution < 1.29 is 16.8 Å². The summed E-state index contributed by atoms with van der Waals surface area (Å²) in [4.78, 5) is 13.5. The maximum atomic E-state index is 12.8. The third-order valence-electron chi connectivity index (χ3n) is 5.27. The average molecular weight is 512 g/mol. The van der Waals surface area contributed by atoms with Crippen molar-refractivity contribution in [3.05, 3.63) is 78.9 Å². The van der Waals surface area contributed by atoms with Crippen LogP contribution in [0.15, 0.2) is 83.0 Å². The first-order chi connectivity index (χ1) is 16.7. The molecular weight excluding hydrogens is 486 g/mol. The van der Waals surface area contributed by atoms with E-state index in [0.717, 1.165) is 11.1 Å². The molecule has 2 heterocycles. The molecule has 2 aromatic heterocycles. The molecule has 0 bridgehead atoms. The number of pyridine rings is 1. The number of benzene rings is 2. The molecule has 0 atom stereocenters. The first-order valence-corrected chi connectivity index (χ1v) is 14.4. The highest BCUT2D eigenvalue weighted by Gasteiger charge is 2.17. The number of aromatic nitrogens is 3. The predicted molar refractivity (Wildman–Crippen MR) is 135 cm³/mol. The summed E-state index contributed by atoms with van der Waals surface area (Å²) in [7, 11) is -6.59. The second kappa shape index (κ2) is 10.5. The molecule has 0 amide bonds. The van der Waals surface area contributed by atoms with Gasteiger partial charge in [-0.25, -0.2) is 26.8 Å². The molecule has 4 aromatic rings. The zero-order valence-corrected chi connectivity index (χ0v) is 20.7. The van der Waals surface area contributed by atoms with Crippen molar-refractivity contribution in [3.8, 4) is 0 Å². The summed E-state index contributed by atoms with van der Waals surface area (Å²) in [5.41, 5.74) is 2.16. The first-order valence-electron chi connectivity index (χ1n) is 10.9. The molecule has 0 aliphatic rings. The van der Waals surface area contributed by atoms with Crippen molar-refractivity contribution in [3.63, 3.8) is 0 Å². The zero-order chi connectivity index (χ0) is 24.9. The van der Waals surface area contributed by atoms with E-state index >= 15 is 0 Å². The molecule has 0 unspecified atom stereocenters. The van der Waals surface area contributed by atoms with Crippen LogP contribution < -0.4 is 10.6 Å². The Hall–Kier alpha value is -3.41. The molecule has 4 rings (SSSR count). The molecule has 0 fully saturated rings. The fourth-order valence-corrected chi connectivity index (χ4v) is 5.22. The van der Waals surface area contributed by atoms with E-state index in [1.807, 2.05) is 6.07 Å². The molecule has 35 heavy (non-hydrogen) atoms. The summed E-state index contributed by atoms with van der Waals surface area (Å²) in [5.74, 6) is 0.660. The van der Waals surface area contributed by atoms with Crippen LogP contribution in [0, 0.1) is 0 Å². The van der Waals surface area contributed by atoms with E-state index in [0.29, 0.717) is 36.5 Å². The molecule has 0 saturated heterocycles. The number of hydrogen-bond acceptors (Lipinski definition) is 9. The Kier molecular flexibility index (Phi) is 7.39. The third kappa shape index (κ3) is 6.38. The number of sulfone groups is 2. The van der Waals surface area contributed by atoms with Gasteiger partial charge in [-0.1, -0.05) is 18.2 Å². The van der Waals surface area contributed by atoms with Crippen LogP contribution in [0.5, 0.6) is 0 Å². The molecule has 2 N–H and O–H groups in total. The topological polar surface area (TPSA) is 131 Å². The van der Waals surface area contributed by atoms with Crippen LogP contribution in [0.4, 0.5) is 11.5 Å². The molecule has 0 aliphatic heterocycles. The van der Waals surface area contributed by atoms with Crippen molar-refractivity contribution in [1.29, 1.82) is 0 Å². The van der Waals surface area contributed by atoms with Crippen LogP contribution in [0.25, 0.3) is 10.9 Å². The Morgan fingerprint density at radius 3 is 2.26 bits per heavy atom. The fourth-order valence-electron chi connectivity index (χ4n) is 3.43. The molecule has 2 aromatic carbocycles. The summed E-state index contributed by atoms with van der Waals surface area (Å²) in [6.45, 7) is 0.972. The van der Waals surface area contributed by atoms with Gasteiger partial charge < -0.3 is 10.6 Å². The lowest BCUT2D eigenvalue weighted by Gasteiger charge is -2.11. The lowest BCUT2D eigenvalue weighted by molar-refractivity contribution is 0.594. The molecule has 0 radical (unpaired) electrons. The monoisotopic (exact) mass is 511 g/mol. The number of nitrogens with zero attached hydrogens (tertiary/aromatic N) is 3. The van der Waals surface area contributed by atoms with Crippen molar-refractivity contribution in [2.75, 3.05) is 30.4 Å². The van der Waals surface area contributed by atoms with Crippen LogP contribution in [-0.4, -0.2) is 56.9 Å². The summed E-state index contributed by atoms with van der Waals surface area (Å²) in [5, 5.41) is 7.11. The van der Waals surface area contributed by atoms with E-state index in [4.69, 9.17) is 0 Å². The van der Waals surface area contributed by atoms with Crippen LogP contribution >= 0.6 is 0 Å². The smallest absolute Gasteiger partial charge is 0.206 e. The Labute approximate surface area is 204 Å². The maximum Gasteiger partial charge on any atom is 0.206 e. The van der Waals surface area contributed by atoms with E-state index in [1.54, 1.807) is 60.8 Å². The van der Waals surface area contributed by atoms with Crippen LogP contribution in [0.3, 0.4) is 0 Å². The van der Waals surface area contributed by atoms with Gasteiger partial charge >= 0.3 is 0 Å². The van der Waals surface area contributed by atoms with Gasteiger partial charge in [-0.2, -0.15) is 0 Å². The van der Waals surface area contributed by atoms with Gasteiger partial charge in [-0.05, 0) is 42.5 Å². The van der Waals surface area contributed by atoms with E-state index in [1.165, 1.54) is 12.6 Å². The lowest BCUT2D eigenvalue weighted by Crippen LogP contribution is -2.24. The first kappa shape index (κ1) is 24.7. The van der Waals surface area contributed by atoms with Crippen molar-refractivity contribution in [1.82, 2.24) is 20.3 Å². The summed E-state index contributed by atoms with van der Waals surface area (Å²) >= 11 is 0. The normalized spacial score (nSPS) is 12.0. The number of hydrogen-bond donors (Lipinski definition) is 2. The Morgan fingerprint density at radius 1 is 0.829 bits per heavy atom. The van der Waals surface area contributed by atoms with Gasteiger partial charge in [0.05, 0.1) is 27.3 Å². The minimum absolute atomic E-state index is 0.0888. The van der Waals surface area contributed by atoms with Gasteiger partial charge in [-0.3, -0.25) is 4.98 Å². The van der Waals surface area contributed by atoms with Crippen molar-refractivity contribution in [2.24, 2.45) is 0 Å². The van der Waals surface area contributed by atoms with E-state index in [-0.39, 0.29) is 15.5 Å². The highest BCUT2D eigenvalue weighted by Crippen LogP contribution is 2.26. The number of anilines is 2. The van der Waals surface area contributed by atoms with E-state index < -0.39 is 19.7 Å². The third-order valence-corrected chi connectivity index (χ3v) is 8.00. The van der Waals surface area contributed by atoms with Gasteiger partial charge in [0.15, 0.2) is 0 Å². The van der Waals surface area contributed by atoms with Crippen LogP contribution in [0.2, 0.25) is 0 Å². The zero-order valence-electron chi connectivity index (χ0n) is 19.0. The van der Waals surface area contributed by atoms with Crippen LogP contribution in [-0.2, 0) is 26.1 Å². The van der Waals surface area contributed by atoms with Gasteiger partial charge in [0.25, 0.3) is 0 Å². The molecular formula is C24H25N5O4S2. The molecule has 9 nitrogen and oxygen atoms in total. The number of rotatable bonds is 10. The Bertz CT molecular complexity index is 1530. The molecule has 0 spiro atoms. The molecule has 0 saturated carbocycles. The van der Waals surface area contributed by atoms with Crippen molar-refractivity contribution in [2.45, 2.75) is 16.2 Å². The highest BCUT2D eigenvalue weighted by molar-refractivity contribution is 7.91. The fraction of sp³-hybridized carbons (Fsp3) is 0.208. The van der Waals surface area contributed by atoms with Crippen LogP contribution in [0.1, 0.15) is 5.69 Å². The average Bonchev–Trinajstić information content (AvgIpc) is 2.84. The van der Waals surface area contributed by atoms with Gasteiger partial charge in [0.1, 0.15) is 22.0 Å². The minimum Gasteiger partial charge on any atom is -0.340 e. The Balaban J connectivity index is 1.48. The number of fused-ring (bicyclic) bond motifs is 1. The predicted octanol–water partition coefficient (Wildman–Crippen LogP) is 2.78. The largest absolute Gasteiger partial charge is 0.340 e. The Morgan fingerprint density at radius 2 is 1.54 bits per heavy atom. The van der Waals surface area contributed by atoms with Gasteiger partial charge in [0.2, 0.25) is 9.84 Å². The second-order valence-electron chi connectivity index (χ2n) is 8.01. The van der Waals surface area contributed by atoms with Crippen molar-refractivity contribution >= 4 is 42.1 Å². The highest BCUT2D eigenvalue weighted by atomic mass is 32.2. The van der Waals surface area contributed by atoms with E-state index in [9.17, 15) is 16.8 Å². The second-order valence-corrected chi connectivity index (χ2v) is 12.2. The summed E-state index contributed by atoms with van der Waals surface area (Å²) in [6.07, 6.45) is 4.93. The minimum atomic E-state index is -3.59. The standard InChI is InChI=1S/C24H25N5O4S2/c1-34(30,31)14-13-25-12-11-19-15-22-23(16-26-19)27-17-28-24(22)29-18-7-9-21(10-8-18)35(32,33)20-5-3-2-4-6-20/h2-10,15-17,25H,11-14H2,1H3,(H,27,28,29). The lowest BCUT2D eigenvalue weighted by atomic mass is 10.2.